The molecule has 1 aliphatic carbocycles. The summed E-state index contributed by atoms with van der Waals surface area (Å²) in [7, 11) is 0. The minimum atomic E-state index is -2.29. The molecule has 6 atom stereocenters. The number of carbonyl (C=O) groups is 3. The zero-order chi connectivity index (χ0) is 28.0. The van der Waals surface area contributed by atoms with Gasteiger partial charge in [0.1, 0.15) is 6.10 Å². The summed E-state index contributed by atoms with van der Waals surface area (Å²) < 4.78 is 10.5. The molecule has 7 nitrogen and oxygen atoms in total. The smallest absolute Gasteiger partial charge is 0.309 e. The van der Waals surface area contributed by atoms with Crippen molar-refractivity contribution in [2.45, 2.75) is 130 Å². The van der Waals surface area contributed by atoms with Gasteiger partial charge in [0.05, 0.1) is 6.10 Å². The predicted molar refractivity (Wildman–Crippen MR) is 147 cm³/mol. The van der Waals surface area contributed by atoms with Crippen molar-refractivity contribution in [3.05, 3.63) is 23.8 Å². The van der Waals surface area contributed by atoms with Crippen molar-refractivity contribution >= 4 is 18.2 Å². The number of ketones is 1. The van der Waals surface area contributed by atoms with E-state index in [1.54, 1.807) is 18.7 Å². The fourth-order valence-electron chi connectivity index (χ4n) is 5.07. The Hall–Kier alpha value is -1.99. The summed E-state index contributed by atoms with van der Waals surface area (Å²) in [5, 5.41) is 10.6. The number of allylic oxidation sites excluding steroid dienone is 4. The van der Waals surface area contributed by atoms with Gasteiger partial charge in [0.25, 0.3) is 12.4 Å². The van der Waals surface area contributed by atoms with Crippen LogP contribution in [0, 0.1) is 11.8 Å². The first kappa shape index (κ1) is 33.0. The number of hydrogen-bond acceptors (Lipinski definition) is 6. The van der Waals surface area contributed by atoms with Gasteiger partial charge in [0, 0.05) is 18.5 Å². The van der Waals surface area contributed by atoms with E-state index in [9.17, 15) is 19.5 Å². The molecule has 0 saturated carbocycles. The Balaban J connectivity index is 0.000000360. The maximum Gasteiger partial charge on any atom is 0.309 e. The first-order valence-corrected chi connectivity index (χ1v) is 14.3. The van der Waals surface area contributed by atoms with E-state index in [2.05, 4.69) is 25.2 Å². The maximum absolute atomic E-state index is 12.7. The molecule has 0 bridgehead atoms. The third-order valence-corrected chi connectivity index (χ3v) is 7.54. The van der Waals surface area contributed by atoms with Gasteiger partial charge in [-0.15, -0.1) is 0 Å². The number of hydrogen-bond donors (Lipinski definition) is 1. The summed E-state index contributed by atoms with van der Waals surface area (Å²) in [4.78, 5) is 36.9. The normalized spacial score (nSPS) is 29.3. The number of nitrogens with zero attached hydrogens (tertiary/aromatic N) is 1. The first-order chi connectivity index (χ1) is 17.6. The van der Waals surface area contributed by atoms with Gasteiger partial charge in [-0.3, -0.25) is 14.4 Å². The Labute approximate surface area is 224 Å². The highest BCUT2D eigenvalue weighted by atomic mass is 16.6. The highest BCUT2D eigenvalue weighted by molar-refractivity contribution is 6.08. The van der Waals surface area contributed by atoms with Crippen LogP contribution in [-0.2, 0) is 23.9 Å². The van der Waals surface area contributed by atoms with Crippen molar-refractivity contribution in [3.63, 3.8) is 0 Å². The standard InChI is InChI=1S/C15H25NO4.C13H20O2.C2H6/c1-10-7-8-12(3)20-15(19,13(10)17)14(18)16-9-5-4-6-11(16)2;1-3-13(11(2)15-10-14)9-12-7-5-4-6-8-12;1-2/h10-12,19H,4-9H2,1-3H3;5,7-8,10-11,13H,3-4,6,9H2,1-2H3;1-2H3. The molecule has 1 N–H and O–H groups in total. The number of carbonyl (C=O) groups excluding carboxylic acids is 3. The molecule has 3 aliphatic rings. The van der Waals surface area contributed by atoms with Crippen LogP contribution < -0.4 is 0 Å². The fraction of sp³-hybridized carbons (Fsp3) is 0.767. The van der Waals surface area contributed by atoms with Crippen molar-refractivity contribution in [3.8, 4) is 0 Å². The van der Waals surface area contributed by atoms with Crippen molar-refractivity contribution in [2.24, 2.45) is 11.8 Å². The van der Waals surface area contributed by atoms with Gasteiger partial charge in [0.2, 0.25) is 5.78 Å². The van der Waals surface area contributed by atoms with Crippen LogP contribution in [0.2, 0.25) is 0 Å². The van der Waals surface area contributed by atoms with Gasteiger partial charge < -0.3 is 19.5 Å². The van der Waals surface area contributed by atoms with Crippen LogP contribution in [-0.4, -0.2) is 58.8 Å². The lowest BCUT2D eigenvalue weighted by Gasteiger charge is -2.38. The number of amides is 1. The molecule has 1 amide bonds. The predicted octanol–water partition coefficient (Wildman–Crippen LogP) is 5.75. The Morgan fingerprint density at radius 3 is 2.49 bits per heavy atom. The first-order valence-electron chi connectivity index (χ1n) is 14.3. The van der Waals surface area contributed by atoms with E-state index in [0.717, 1.165) is 44.9 Å². The highest BCUT2D eigenvalue weighted by Crippen LogP contribution is 2.30. The molecule has 2 fully saturated rings. The summed E-state index contributed by atoms with van der Waals surface area (Å²) in [5.74, 6) is -3.28. The van der Waals surface area contributed by atoms with E-state index in [1.807, 2.05) is 27.7 Å². The molecular formula is C30H51NO6. The lowest BCUT2D eigenvalue weighted by atomic mass is 9.90. The molecule has 2 saturated heterocycles. The van der Waals surface area contributed by atoms with Crippen molar-refractivity contribution in [1.82, 2.24) is 4.90 Å². The number of piperidine rings is 1. The fourth-order valence-corrected chi connectivity index (χ4v) is 5.07. The second-order valence-corrected chi connectivity index (χ2v) is 10.3. The van der Waals surface area contributed by atoms with Crippen LogP contribution in [0.5, 0.6) is 0 Å². The lowest BCUT2D eigenvalue weighted by molar-refractivity contribution is -0.226. The van der Waals surface area contributed by atoms with Crippen LogP contribution in [0.1, 0.15) is 106 Å². The van der Waals surface area contributed by atoms with Crippen LogP contribution in [0.4, 0.5) is 0 Å². The van der Waals surface area contributed by atoms with E-state index >= 15 is 0 Å². The minimum Gasteiger partial charge on any atom is -0.465 e. The maximum atomic E-state index is 12.7. The summed E-state index contributed by atoms with van der Waals surface area (Å²) in [6.07, 6.45) is 15.0. The zero-order valence-electron chi connectivity index (χ0n) is 24.2. The number of aliphatic hydroxyl groups is 1. The Morgan fingerprint density at radius 1 is 1.22 bits per heavy atom. The molecule has 2 aliphatic heterocycles. The molecule has 3 rings (SSSR count). The summed E-state index contributed by atoms with van der Waals surface area (Å²) in [6, 6.07) is 0.0468. The largest absolute Gasteiger partial charge is 0.465 e. The van der Waals surface area contributed by atoms with Crippen molar-refractivity contribution in [2.75, 3.05) is 6.54 Å². The van der Waals surface area contributed by atoms with Gasteiger partial charge in [0.15, 0.2) is 0 Å². The quantitative estimate of drug-likeness (QED) is 0.339. The van der Waals surface area contributed by atoms with Crippen LogP contribution in [0.15, 0.2) is 23.8 Å². The van der Waals surface area contributed by atoms with Gasteiger partial charge in [-0.05, 0) is 84.5 Å². The molecule has 0 radical (unpaired) electrons. The topological polar surface area (TPSA) is 93.1 Å². The van der Waals surface area contributed by atoms with Crippen LogP contribution in [0.25, 0.3) is 0 Å². The van der Waals surface area contributed by atoms with Gasteiger partial charge in [-0.1, -0.05) is 51.5 Å². The Kier molecular flexibility index (Phi) is 15.0. The molecule has 0 aromatic rings. The summed E-state index contributed by atoms with van der Waals surface area (Å²) in [5.41, 5.74) is 1.38. The van der Waals surface area contributed by atoms with E-state index in [4.69, 9.17) is 9.47 Å². The average molecular weight is 522 g/mol. The monoisotopic (exact) mass is 521 g/mol. The van der Waals surface area contributed by atoms with Crippen molar-refractivity contribution < 1.29 is 29.0 Å². The molecule has 6 unspecified atom stereocenters. The third-order valence-electron chi connectivity index (χ3n) is 7.54. The average Bonchev–Trinajstić information content (AvgIpc) is 3.01. The number of ether oxygens (including phenoxy) is 2. The summed E-state index contributed by atoms with van der Waals surface area (Å²) in [6.45, 7) is 14.7. The highest BCUT2D eigenvalue weighted by Gasteiger charge is 2.52. The number of likely N-dealkylation sites (tertiary alicyclic amines) is 1. The molecule has 37 heavy (non-hydrogen) atoms. The Morgan fingerprint density at radius 2 is 1.92 bits per heavy atom. The minimum absolute atomic E-state index is 0.0173. The molecule has 212 valence electrons. The zero-order valence-corrected chi connectivity index (χ0v) is 24.2. The number of Topliss-reactive ketones (excluding diaryl/α,β-unsaturated/α-hetero) is 1. The van der Waals surface area contributed by atoms with E-state index in [0.29, 0.717) is 31.8 Å². The second-order valence-electron chi connectivity index (χ2n) is 10.3. The van der Waals surface area contributed by atoms with E-state index in [-0.39, 0.29) is 24.2 Å². The molecule has 0 aromatic carbocycles. The molecule has 0 aromatic heterocycles. The molecule has 2 heterocycles. The molecular weight excluding hydrogens is 470 g/mol. The SMILES string of the molecule is CC.CC1CCC(C)C(=O)C(O)(C(=O)N2CCCCC2C)O1.CCC(CC1=CCCC=C1)C(C)OC=O. The third kappa shape index (κ3) is 9.68. The number of rotatable bonds is 7. The van der Waals surface area contributed by atoms with Crippen LogP contribution in [0.3, 0.4) is 0 Å². The Bertz CT molecular complexity index is 778. The van der Waals surface area contributed by atoms with E-state index in [1.165, 1.54) is 5.57 Å². The van der Waals surface area contributed by atoms with Gasteiger partial charge in [-0.25, -0.2) is 0 Å². The van der Waals surface area contributed by atoms with Crippen molar-refractivity contribution in [1.29, 1.82) is 0 Å². The van der Waals surface area contributed by atoms with Gasteiger partial charge in [-0.2, -0.15) is 0 Å². The second kappa shape index (κ2) is 16.8. The lowest BCUT2D eigenvalue weighted by Crippen LogP contribution is -2.60. The molecule has 0 spiro atoms. The molecule has 7 heteroatoms. The summed E-state index contributed by atoms with van der Waals surface area (Å²) >= 11 is 0. The van der Waals surface area contributed by atoms with Gasteiger partial charge >= 0.3 is 5.79 Å². The van der Waals surface area contributed by atoms with Crippen LogP contribution >= 0.6 is 0 Å². The van der Waals surface area contributed by atoms with E-state index < -0.39 is 17.5 Å².